The third-order valence-electron chi connectivity index (χ3n) is 2.93. The molecular weight excluding hydrogens is 341 g/mol. The van der Waals surface area contributed by atoms with Crippen LogP contribution in [-0.4, -0.2) is 13.2 Å². The number of hydrogen-bond donors (Lipinski definition) is 1. The Bertz CT molecular complexity index is 456. The number of hydrogen-bond acceptors (Lipinski definition) is 3. The van der Waals surface area contributed by atoms with Crippen LogP contribution in [0.2, 0.25) is 10.0 Å². The van der Waals surface area contributed by atoms with E-state index in [4.69, 9.17) is 32.8 Å². The van der Waals surface area contributed by atoms with Crippen molar-refractivity contribution in [2.24, 2.45) is 0 Å². The van der Waals surface area contributed by atoms with Crippen molar-refractivity contribution in [2.75, 3.05) is 7.11 Å². The maximum Gasteiger partial charge on any atom is 0.145 e. The summed E-state index contributed by atoms with van der Waals surface area (Å²) in [6, 6.07) is 1.65. The minimum absolute atomic E-state index is 0.0192. The van der Waals surface area contributed by atoms with Crippen LogP contribution in [0.3, 0.4) is 0 Å². The van der Waals surface area contributed by atoms with E-state index in [-0.39, 0.29) is 12.1 Å². The maximum absolute atomic E-state index is 6.33. The van der Waals surface area contributed by atoms with Gasteiger partial charge < -0.3 is 9.57 Å². The lowest BCUT2D eigenvalue weighted by Gasteiger charge is -2.18. The molecule has 0 saturated carbocycles. The van der Waals surface area contributed by atoms with E-state index in [0.717, 1.165) is 22.9 Å². The predicted octanol–water partition coefficient (Wildman–Crippen LogP) is 4.51. The Morgan fingerprint density at radius 3 is 2.83 bits per heavy atom. The lowest BCUT2D eigenvalue weighted by molar-refractivity contribution is 0.0269. The first-order chi connectivity index (χ1) is 8.60. The molecule has 6 heteroatoms. The SMILES string of the molecule is CCCC1Oc2c(Cl)cc(Br)c(Cl)c2C1NOC. The Morgan fingerprint density at radius 2 is 2.22 bits per heavy atom. The van der Waals surface area contributed by atoms with E-state index in [0.29, 0.717) is 15.8 Å². The first kappa shape index (κ1) is 14.4. The van der Waals surface area contributed by atoms with E-state index in [1.807, 2.05) is 0 Å². The van der Waals surface area contributed by atoms with Crippen molar-refractivity contribution < 1.29 is 9.57 Å². The second-order valence-corrected chi connectivity index (χ2v) is 5.78. The molecule has 0 bridgehead atoms. The molecule has 1 aromatic rings. The highest BCUT2D eigenvalue weighted by Gasteiger charge is 2.38. The quantitative estimate of drug-likeness (QED) is 0.637. The Hall–Kier alpha value is -0.0000000000000000971. The molecule has 18 heavy (non-hydrogen) atoms. The number of halogens is 3. The summed E-state index contributed by atoms with van der Waals surface area (Å²) < 4.78 is 6.66. The van der Waals surface area contributed by atoms with Gasteiger partial charge in [0.25, 0.3) is 0 Å². The van der Waals surface area contributed by atoms with Crippen molar-refractivity contribution in [2.45, 2.75) is 31.9 Å². The van der Waals surface area contributed by atoms with Crippen molar-refractivity contribution in [1.82, 2.24) is 5.48 Å². The third kappa shape index (κ3) is 2.49. The highest BCUT2D eigenvalue weighted by atomic mass is 79.9. The second-order valence-electron chi connectivity index (χ2n) is 4.14. The molecule has 0 aliphatic carbocycles. The molecule has 0 spiro atoms. The lowest BCUT2D eigenvalue weighted by Crippen LogP contribution is -2.30. The summed E-state index contributed by atoms with van der Waals surface area (Å²) in [5.74, 6) is 0.651. The van der Waals surface area contributed by atoms with Crippen molar-refractivity contribution in [1.29, 1.82) is 0 Å². The normalized spacial score (nSPS) is 21.8. The van der Waals surface area contributed by atoms with Crippen LogP contribution in [0, 0.1) is 0 Å². The Morgan fingerprint density at radius 1 is 1.50 bits per heavy atom. The summed E-state index contributed by atoms with van der Waals surface area (Å²) in [5, 5.41) is 1.17. The zero-order valence-corrected chi connectivity index (χ0v) is 13.2. The van der Waals surface area contributed by atoms with Gasteiger partial charge in [0.2, 0.25) is 0 Å². The second kappa shape index (κ2) is 5.97. The minimum atomic E-state index is -0.104. The molecule has 0 amide bonds. The van der Waals surface area contributed by atoms with E-state index in [9.17, 15) is 0 Å². The lowest BCUT2D eigenvalue weighted by atomic mass is 10.0. The molecule has 0 radical (unpaired) electrons. The van der Waals surface area contributed by atoms with Crippen LogP contribution in [-0.2, 0) is 4.84 Å². The molecular formula is C12H14BrCl2NO2. The van der Waals surface area contributed by atoms with Gasteiger partial charge in [-0.2, -0.15) is 5.48 Å². The number of rotatable bonds is 4. The molecule has 0 aromatic heterocycles. The van der Waals surface area contributed by atoms with Gasteiger partial charge in [-0.05, 0) is 28.4 Å². The monoisotopic (exact) mass is 353 g/mol. The zero-order valence-electron chi connectivity index (χ0n) is 10.1. The average molecular weight is 355 g/mol. The van der Waals surface area contributed by atoms with Crippen LogP contribution < -0.4 is 10.2 Å². The third-order valence-corrected chi connectivity index (χ3v) is 4.47. The van der Waals surface area contributed by atoms with Gasteiger partial charge in [0, 0.05) is 10.0 Å². The van der Waals surface area contributed by atoms with Crippen LogP contribution in [0.1, 0.15) is 31.4 Å². The summed E-state index contributed by atoms with van der Waals surface area (Å²) in [5.41, 5.74) is 3.80. The standard InChI is InChI=1S/C12H14BrCl2NO2/c1-3-4-8-11(16-17-2)9-10(15)6(13)5-7(14)12(9)18-8/h5,8,11,16H,3-4H2,1-2H3. The average Bonchev–Trinajstić information content (AvgIpc) is 2.67. The van der Waals surface area contributed by atoms with Crippen molar-refractivity contribution in [3.05, 3.63) is 26.1 Å². The summed E-state index contributed by atoms with van der Waals surface area (Å²) in [4.78, 5) is 5.05. The van der Waals surface area contributed by atoms with Crippen molar-refractivity contribution in [3.63, 3.8) is 0 Å². The van der Waals surface area contributed by atoms with Gasteiger partial charge in [0.15, 0.2) is 0 Å². The Labute approximate surface area is 125 Å². The van der Waals surface area contributed by atoms with Crippen molar-refractivity contribution >= 4 is 39.1 Å². The van der Waals surface area contributed by atoms with Gasteiger partial charge >= 0.3 is 0 Å². The van der Waals surface area contributed by atoms with Gasteiger partial charge in [-0.3, -0.25) is 0 Å². The van der Waals surface area contributed by atoms with Crippen LogP contribution in [0.15, 0.2) is 10.5 Å². The molecule has 0 fully saturated rings. The fourth-order valence-electron chi connectivity index (χ4n) is 2.17. The molecule has 1 aromatic carbocycles. The minimum Gasteiger partial charge on any atom is -0.486 e. The highest BCUT2D eigenvalue weighted by Crippen LogP contribution is 2.49. The number of nitrogens with one attached hydrogen (secondary N) is 1. The molecule has 2 unspecified atom stereocenters. The van der Waals surface area contributed by atoms with Gasteiger partial charge in [0.1, 0.15) is 11.9 Å². The largest absolute Gasteiger partial charge is 0.486 e. The van der Waals surface area contributed by atoms with Gasteiger partial charge in [0.05, 0.1) is 23.2 Å². The Balaban J connectivity index is 2.46. The van der Waals surface area contributed by atoms with Crippen LogP contribution in [0.4, 0.5) is 0 Å². The first-order valence-electron chi connectivity index (χ1n) is 5.72. The predicted molar refractivity (Wildman–Crippen MR) is 76.4 cm³/mol. The molecule has 2 atom stereocenters. The summed E-state index contributed by atoms with van der Waals surface area (Å²) in [7, 11) is 1.58. The number of hydroxylamine groups is 1. The molecule has 1 aliphatic rings. The molecule has 2 rings (SSSR count). The fraction of sp³-hybridized carbons (Fsp3) is 0.500. The van der Waals surface area contributed by atoms with Gasteiger partial charge in [-0.1, -0.05) is 36.5 Å². The Kier molecular flexibility index (Phi) is 4.78. The van der Waals surface area contributed by atoms with Gasteiger partial charge in [-0.25, -0.2) is 0 Å². The van der Waals surface area contributed by atoms with E-state index in [1.165, 1.54) is 0 Å². The summed E-state index contributed by atoms with van der Waals surface area (Å²) >= 11 is 15.9. The number of benzene rings is 1. The molecule has 100 valence electrons. The van der Waals surface area contributed by atoms with E-state index in [2.05, 4.69) is 28.3 Å². The van der Waals surface area contributed by atoms with Crippen LogP contribution in [0.5, 0.6) is 5.75 Å². The topological polar surface area (TPSA) is 30.5 Å². The van der Waals surface area contributed by atoms with E-state index < -0.39 is 0 Å². The number of ether oxygens (including phenoxy) is 1. The highest BCUT2D eigenvalue weighted by molar-refractivity contribution is 9.10. The summed E-state index contributed by atoms with van der Waals surface area (Å²) in [6.07, 6.45) is 1.89. The zero-order chi connectivity index (χ0) is 13.3. The van der Waals surface area contributed by atoms with E-state index in [1.54, 1.807) is 13.2 Å². The fourth-order valence-corrected chi connectivity index (χ4v) is 3.26. The molecule has 1 N–H and O–H groups in total. The molecule has 1 heterocycles. The van der Waals surface area contributed by atoms with Crippen molar-refractivity contribution in [3.8, 4) is 5.75 Å². The molecule has 1 aliphatic heterocycles. The maximum atomic E-state index is 6.33. The number of fused-ring (bicyclic) bond motifs is 1. The van der Waals surface area contributed by atoms with Crippen LogP contribution in [0.25, 0.3) is 0 Å². The van der Waals surface area contributed by atoms with Crippen LogP contribution >= 0.6 is 39.1 Å². The summed E-state index contributed by atoms with van der Waals surface area (Å²) in [6.45, 7) is 2.11. The molecule has 3 nitrogen and oxygen atoms in total. The molecule has 0 saturated heterocycles. The first-order valence-corrected chi connectivity index (χ1v) is 7.27. The smallest absolute Gasteiger partial charge is 0.145 e. The van der Waals surface area contributed by atoms with E-state index >= 15 is 0 Å². The van der Waals surface area contributed by atoms with Gasteiger partial charge in [-0.15, -0.1) is 0 Å².